The molecule has 2 heteroatoms. The Morgan fingerprint density at radius 3 is 2.28 bits per heavy atom. The summed E-state index contributed by atoms with van der Waals surface area (Å²) in [5.74, 6) is -0.240. The molecule has 0 saturated heterocycles. The molecule has 0 heterocycles. The molecule has 2 rings (SSSR count). The largest absolute Gasteiger partial charge is 0.320 e. The maximum Gasteiger partial charge on any atom is 0.123 e. The predicted molar refractivity (Wildman–Crippen MR) is 73.1 cm³/mol. The molecular weight excluding hydrogens is 225 g/mol. The molecule has 0 fully saturated rings. The van der Waals surface area contributed by atoms with E-state index in [0.717, 1.165) is 22.3 Å². The van der Waals surface area contributed by atoms with E-state index in [1.54, 1.807) is 6.07 Å². The minimum absolute atomic E-state index is 0.240. The first-order chi connectivity index (χ1) is 8.49. The molecule has 94 valence electrons. The van der Waals surface area contributed by atoms with Gasteiger partial charge in [-0.3, -0.25) is 0 Å². The average molecular weight is 243 g/mol. The van der Waals surface area contributed by atoms with Gasteiger partial charge in [0.05, 0.1) is 6.04 Å². The summed E-state index contributed by atoms with van der Waals surface area (Å²) in [5, 5.41) is 0. The first-order valence-electron chi connectivity index (χ1n) is 6.08. The van der Waals surface area contributed by atoms with E-state index in [2.05, 4.69) is 13.0 Å². The molecule has 0 aliphatic rings. The zero-order valence-corrected chi connectivity index (χ0v) is 11.0. The summed E-state index contributed by atoms with van der Waals surface area (Å²) in [7, 11) is 0. The van der Waals surface area contributed by atoms with Gasteiger partial charge in [-0.15, -0.1) is 0 Å². The van der Waals surface area contributed by atoms with Crippen molar-refractivity contribution in [1.82, 2.24) is 0 Å². The molecule has 0 amide bonds. The van der Waals surface area contributed by atoms with E-state index in [-0.39, 0.29) is 11.9 Å². The van der Waals surface area contributed by atoms with Gasteiger partial charge in [0.15, 0.2) is 0 Å². The smallest absolute Gasteiger partial charge is 0.123 e. The lowest BCUT2D eigenvalue weighted by Crippen LogP contribution is -2.15. The third-order valence-corrected chi connectivity index (χ3v) is 3.34. The molecule has 2 N–H and O–H groups in total. The van der Waals surface area contributed by atoms with E-state index in [1.165, 1.54) is 17.7 Å². The number of hydrogen-bond acceptors (Lipinski definition) is 1. The van der Waals surface area contributed by atoms with Gasteiger partial charge in [0.25, 0.3) is 0 Å². The number of benzene rings is 2. The lowest BCUT2D eigenvalue weighted by molar-refractivity contribution is 0.622. The lowest BCUT2D eigenvalue weighted by atomic mass is 9.92. The van der Waals surface area contributed by atoms with Gasteiger partial charge in [-0.1, -0.05) is 29.8 Å². The molecular formula is C16H18FN. The van der Waals surface area contributed by atoms with Crippen LogP contribution in [0.15, 0.2) is 36.4 Å². The Kier molecular flexibility index (Phi) is 3.48. The van der Waals surface area contributed by atoms with Gasteiger partial charge in [0.2, 0.25) is 0 Å². The van der Waals surface area contributed by atoms with E-state index in [0.29, 0.717) is 0 Å². The van der Waals surface area contributed by atoms with Crippen molar-refractivity contribution in [2.45, 2.75) is 26.8 Å². The van der Waals surface area contributed by atoms with Crippen molar-refractivity contribution in [3.8, 4) is 0 Å². The molecule has 1 unspecified atom stereocenters. The fraction of sp³-hybridized carbons (Fsp3) is 0.250. The molecule has 0 spiro atoms. The van der Waals surface area contributed by atoms with Gasteiger partial charge >= 0.3 is 0 Å². The van der Waals surface area contributed by atoms with Crippen LogP contribution in [0.2, 0.25) is 0 Å². The first kappa shape index (κ1) is 12.8. The monoisotopic (exact) mass is 243 g/mol. The molecule has 0 aromatic heterocycles. The van der Waals surface area contributed by atoms with Crippen molar-refractivity contribution in [1.29, 1.82) is 0 Å². The predicted octanol–water partition coefficient (Wildman–Crippen LogP) is 3.80. The van der Waals surface area contributed by atoms with Crippen LogP contribution in [0.5, 0.6) is 0 Å². The van der Waals surface area contributed by atoms with Crippen LogP contribution in [-0.4, -0.2) is 0 Å². The van der Waals surface area contributed by atoms with Gasteiger partial charge in [0, 0.05) is 0 Å². The molecule has 18 heavy (non-hydrogen) atoms. The van der Waals surface area contributed by atoms with Gasteiger partial charge in [-0.05, 0) is 55.2 Å². The number of hydrogen-bond donors (Lipinski definition) is 1. The Balaban J connectivity index is 2.47. The summed E-state index contributed by atoms with van der Waals surface area (Å²) in [4.78, 5) is 0. The standard InChI is InChI=1S/C16H18FN/c1-10-4-7-14(12(3)8-10)16(18)15-9-13(17)6-5-11(15)2/h4-9,16H,18H2,1-3H3. The quantitative estimate of drug-likeness (QED) is 0.853. The highest BCUT2D eigenvalue weighted by Gasteiger charge is 2.14. The first-order valence-corrected chi connectivity index (χ1v) is 6.08. The molecule has 0 radical (unpaired) electrons. The van der Waals surface area contributed by atoms with Crippen molar-refractivity contribution in [3.05, 3.63) is 70.0 Å². The molecule has 2 aromatic rings. The molecule has 0 saturated carbocycles. The van der Waals surface area contributed by atoms with Crippen molar-refractivity contribution < 1.29 is 4.39 Å². The van der Waals surface area contributed by atoms with Crippen LogP contribution in [0, 0.1) is 26.6 Å². The third-order valence-electron chi connectivity index (χ3n) is 3.34. The highest BCUT2D eigenvalue weighted by molar-refractivity contribution is 5.41. The molecule has 1 atom stereocenters. The average Bonchev–Trinajstić information content (AvgIpc) is 2.31. The SMILES string of the molecule is Cc1ccc(C(N)c2cc(F)ccc2C)c(C)c1. The van der Waals surface area contributed by atoms with Crippen LogP contribution in [0.4, 0.5) is 4.39 Å². The minimum atomic E-state index is -0.277. The van der Waals surface area contributed by atoms with Gasteiger partial charge in [-0.2, -0.15) is 0 Å². The Labute approximate surface area is 107 Å². The Morgan fingerprint density at radius 2 is 1.61 bits per heavy atom. The number of aryl methyl sites for hydroxylation is 3. The van der Waals surface area contributed by atoms with Crippen LogP contribution < -0.4 is 5.73 Å². The normalized spacial score (nSPS) is 12.5. The fourth-order valence-corrected chi connectivity index (χ4v) is 2.29. The number of rotatable bonds is 2. The summed E-state index contributed by atoms with van der Waals surface area (Å²) in [6, 6.07) is 10.7. The number of nitrogens with two attached hydrogens (primary N) is 1. The summed E-state index contributed by atoms with van der Waals surface area (Å²) in [5.41, 5.74) is 11.5. The summed E-state index contributed by atoms with van der Waals surface area (Å²) in [6.45, 7) is 6.05. The van der Waals surface area contributed by atoms with E-state index in [4.69, 9.17) is 5.73 Å². The van der Waals surface area contributed by atoms with E-state index in [1.807, 2.05) is 26.0 Å². The lowest BCUT2D eigenvalue weighted by Gasteiger charge is -2.18. The zero-order chi connectivity index (χ0) is 13.3. The van der Waals surface area contributed by atoms with Crippen LogP contribution >= 0.6 is 0 Å². The van der Waals surface area contributed by atoms with Crippen LogP contribution in [0.1, 0.15) is 33.9 Å². The Bertz CT molecular complexity index is 575. The molecule has 2 aromatic carbocycles. The Hall–Kier alpha value is -1.67. The second-order valence-corrected chi connectivity index (χ2v) is 4.84. The molecule has 1 nitrogen and oxygen atoms in total. The number of halogens is 1. The summed E-state index contributed by atoms with van der Waals surface area (Å²) in [6.07, 6.45) is 0. The fourth-order valence-electron chi connectivity index (χ4n) is 2.29. The van der Waals surface area contributed by atoms with Crippen molar-refractivity contribution in [2.24, 2.45) is 5.73 Å². The molecule has 0 aliphatic carbocycles. The maximum absolute atomic E-state index is 13.3. The second-order valence-electron chi connectivity index (χ2n) is 4.84. The van der Waals surface area contributed by atoms with Crippen molar-refractivity contribution in [3.63, 3.8) is 0 Å². The highest BCUT2D eigenvalue weighted by Crippen LogP contribution is 2.26. The van der Waals surface area contributed by atoms with Gasteiger partial charge < -0.3 is 5.73 Å². The van der Waals surface area contributed by atoms with E-state index in [9.17, 15) is 4.39 Å². The van der Waals surface area contributed by atoms with Crippen molar-refractivity contribution >= 4 is 0 Å². The minimum Gasteiger partial charge on any atom is -0.320 e. The second kappa shape index (κ2) is 4.91. The summed E-state index contributed by atoms with van der Waals surface area (Å²) < 4.78 is 13.3. The Morgan fingerprint density at radius 1 is 0.889 bits per heavy atom. The van der Waals surface area contributed by atoms with Gasteiger partial charge in [0.1, 0.15) is 5.82 Å². The zero-order valence-electron chi connectivity index (χ0n) is 11.0. The maximum atomic E-state index is 13.3. The highest BCUT2D eigenvalue weighted by atomic mass is 19.1. The topological polar surface area (TPSA) is 26.0 Å². The molecule has 0 bridgehead atoms. The van der Waals surface area contributed by atoms with Gasteiger partial charge in [-0.25, -0.2) is 4.39 Å². The molecule has 0 aliphatic heterocycles. The van der Waals surface area contributed by atoms with Crippen LogP contribution in [0.3, 0.4) is 0 Å². The third kappa shape index (κ3) is 2.44. The van der Waals surface area contributed by atoms with Crippen LogP contribution in [-0.2, 0) is 0 Å². The van der Waals surface area contributed by atoms with E-state index < -0.39 is 0 Å². The summed E-state index contributed by atoms with van der Waals surface area (Å²) >= 11 is 0. The van der Waals surface area contributed by atoms with E-state index >= 15 is 0 Å². The van der Waals surface area contributed by atoms with Crippen molar-refractivity contribution in [2.75, 3.05) is 0 Å². The van der Waals surface area contributed by atoms with Crippen LogP contribution in [0.25, 0.3) is 0 Å².